The number of benzene rings is 1. The molecule has 0 aliphatic carbocycles. The lowest BCUT2D eigenvalue weighted by Gasteiger charge is -2.12. The van der Waals surface area contributed by atoms with Crippen LogP contribution in [-0.2, 0) is 16.1 Å². The third kappa shape index (κ3) is 2.94. The van der Waals surface area contributed by atoms with E-state index in [1.54, 1.807) is 10.9 Å². The van der Waals surface area contributed by atoms with E-state index in [0.29, 0.717) is 13.1 Å². The number of carbonyl (C=O) groups excluding carboxylic acids is 2. The molecule has 1 unspecified atom stereocenters. The van der Waals surface area contributed by atoms with Crippen molar-refractivity contribution in [3.8, 4) is 5.69 Å². The van der Waals surface area contributed by atoms with Crippen LogP contribution >= 0.6 is 0 Å². The van der Waals surface area contributed by atoms with Gasteiger partial charge in [0.25, 0.3) is 0 Å². The molecule has 1 atom stereocenters. The average molecular weight is 284 g/mol. The number of rotatable bonds is 4. The largest absolute Gasteiger partial charge is 0.355 e. The van der Waals surface area contributed by atoms with Gasteiger partial charge in [-0.3, -0.25) is 9.59 Å². The van der Waals surface area contributed by atoms with Crippen molar-refractivity contribution in [1.82, 2.24) is 20.4 Å². The third-order valence-electron chi connectivity index (χ3n) is 3.54. The number of hydrogen-bond donors (Lipinski definition) is 2. The lowest BCUT2D eigenvalue weighted by molar-refractivity contribution is -0.126. The Morgan fingerprint density at radius 1 is 1.38 bits per heavy atom. The number of hydrogen-bond acceptors (Lipinski definition) is 3. The molecule has 0 bridgehead atoms. The molecule has 3 rings (SSSR count). The molecule has 2 heterocycles. The molecule has 1 aliphatic heterocycles. The van der Waals surface area contributed by atoms with Crippen molar-refractivity contribution < 1.29 is 9.59 Å². The summed E-state index contributed by atoms with van der Waals surface area (Å²) in [6, 6.07) is 9.62. The predicted octanol–water partition coefficient (Wildman–Crippen LogP) is 0.625. The summed E-state index contributed by atoms with van der Waals surface area (Å²) in [5.74, 6) is -0.426. The number of aromatic nitrogens is 2. The molecular formula is C15H16N4O2. The summed E-state index contributed by atoms with van der Waals surface area (Å²) in [6.07, 6.45) is 3.85. The molecule has 1 aromatic heterocycles. The van der Waals surface area contributed by atoms with Crippen LogP contribution in [0, 0.1) is 5.92 Å². The van der Waals surface area contributed by atoms with Crippen LogP contribution < -0.4 is 10.6 Å². The van der Waals surface area contributed by atoms with E-state index >= 15 is 0 Å². The summed E-state index contributed by atoms with van der Waals surface area (Å²) in [4.78, 5) is 23.2. The zero-order valence-electron chi connectivity index (χ0n) is 11.5. The second-order valence-corrected chi connectivity index (χ2v) is 5.00. The predicted molar refractivity (Wildman–Crippen MR) is 76.5 cm³/mol. The Kier molecular flexibility index (Phi) is 3.68. The van der Waals surface area contributed by atoms with E-state index in [0.717, 1.165) is 11.3 Å². The topological polar surface area (TPSA) is 76.0 Å². The fourth-order valence-electron chi connectivity index (χ4n) is 2.41. The van der Waals surface area contributed by atoms with Gasteiger partial charge in [0.1, 0.15) is 0 Å². The number of amides is 2. The van der Waals surface area contributed by atoms with Gasteiger partial charge >= 0.3 is 0 Å². The smallest absolute Gasteiger partial charge is 0.225 e. The standard InChI is InChI=1S/C15H16N4O2/c20-14-8-12(10-16-14)15(21)17-9-11-4-1-2-5-13(11)19-7-3-6-18-19/h1-7,12H,8-10H2,(H,16,20)(H,17,21). The number of para-hydroxylation sites is 1. The molecule has 0 saturated carbocycles. The van der Waals surface area contributed by atoms with Crippen molar-refractivity contribution in [2.45, 2.75) is 13.0 Å². The van der Waals surface area contributed by atoms with Crippen molar-refractivity contribution in [2.75, 3.05) is 6.54 Å². The molecule has 1 aliphatic rings. The highest BCUT2D eigenvalue weighted by Crippen LogP contribution is 2.14. The first-order valence-electron chi connectivity index (χ1n) is 6.86. The molecule has 6 heteroatoms. The van der Waals surface area contributed by atoms with E-state index in [9.17, 15) is 9.59 Å². The van der Waals surface area contributed by atoms with Crippen molar-refractivity contribution >= 4 is 11.8 Å². The lowest BCUT2D eigenvalue weighted by atomic mass is 10.1. The molecule has 21 heavy (non-hydrogen) atoms. The summed E-state index contributed by atoms with van der Waals surface area (Å²) < 4.78 is 1.77. The van der Waals surface area contributed by atoms with Crippen LogP contribution in [0.5, 0.6) is 0 Å². The third-order valence-corrected chi connectivity index (χ3v) is 3.54. The Labute approximate surface area is 122 Å². The normalized spacial score (nSPS) is 17.5. The van der Waals surface area contributed by atoms with Gasteiger partial charge in [-0.2, -0.15) is 5.10 Å². The second-order valence-electron chi connectivity index (χ2n) is 5.00. The van der Waals surface area contributed by atoms with Crippen molar-refractivity contribution in [2.24, 2.45) is 5.92 Å². The van der Waals surface area contributed by atoms with E-state index < -0.39 is 0 Å². The van der Waals surface area contributed by atoms with Gasteiger partial charge in [0.05, 0.1) is 11.6 Å². The Balaban J connectivity index is 1.68. The highest BCUT2D eigenvalue weighted by Gasteiger charge is 2.27. The molecule has 1 aromatic carbocycles. The van der Waals surface area contributed by atoms with Gasteiger partial charge in [-0.05, 0) is 17.7 Å². The maximum Gasteiger partial charge on any atom is 0.225 e. The Bertz CT molecular complexity index is 651. The Hall–Kier alpha value is -2.63. The van der Waals surface area contributed by atoms with Gasteiger partial charge in [0, 0.05) is 31.9 Å². The molecule has 2 N–H and O–H groups in total. The van der Waals surface area contributed by atoms with Crippen LogP contribution in [0.25, 0.3) is 5.69 Å². The maximum absolute atomic E-state index is 12.0. The summed E-state index contributed by atoms with van der Waals surface area (Å²) in [5.41, 5.74) is 1.91. The van der Waals surface area contributed by atoms with Gasteiger partial charge in [-0.1, -0.05) is 18.2 Å². The fourth-order valence-corrected chi connectivity index (χ4v) is 2.41. The highest BCUT2D eigenvalue weighted by molar-refractivity contribution is 5.89. The van der Waals surface area contributed by atoms with Gasteiger partial charge in [0.2, 0.25) is 11.8 Å². The van der Waals surface area contributed by atoms with Gasteiger partial charge < -0.3 is 10.6 Å². The lowest BCUT2D eigenvalue weighted by Crippen LogP contribution is -2.31. The SMILES string of the molecule is O=C1CC(C(=O)NCc2ccccc2-n2cccn2)CN1. The van der Waals surface area contributed by atoms with Crippen molar-refractivity contribution in [3.05, 3.63) is 48.3 Å². The van der Waals surface area contributed by atoms with Crippen LogP contribution in [0.2, 0.25) is 0 Å². The van der Waals surface area contributed by atoms with Crippen LogP contribution in [0.1, 0.15) is 12.0 Å². The first kappa shape index (κ1) is 13.4. The summed E-state index contributed by atoms with van der Waals surface area (Å²) >= 11 is 0. The van der Waals surface area contributed by atoms with Gasteiger partial charge in [0.15, 0.2) is 0 Å². The molecule has 1 saturated heterocycles. The van der Waals surface area contributed by atoms with Crippen LogP contribution in [0.15, 0.2) is 42.7 Å². The van der Waals surface area contributed by atoms with Gasteiger partial charge in [-0.15, -0.1) is 0 Å². The molecule has 6 nitrogen and oxygen atoms in total. The van der Waals surface area contributed by atoms with E-state index in [1.807, 2.05) is 36.5 Å². The van der Waals surface area contributed by atoms with E-state index in [-0.39, 0.29) is 24.2 Å². The number of carbonyl (C=O) groups is 2. The quantitative estimate of drug-likeness (QED) is 0.864. The van der Waals surface area contributed by atoms with Crippen molar-refractivity contribution in [3.63, 3.8) is 0 Å². The number of nitrogens with one attached hydrogen (secondary N) is 2. The minimum absolute atomic E-state index is 0.0629. The van der Waals surface area contributed by atoms with E-state index in [2.05, 4.69) is 15.7 Å². The number of nitrogens with zero attached hydrogens (tertiary/aromatic N) is 2. The van der Waals surface area contributed by atoms with E-state index in [1.165, 1.54) is 0 Å². The summed E-state index contributed by atoms with van der Waals surface area (Å²) in [7, 11) is 0. The van der Waals surface area contributed by atoms with Crippen molar-refractivity contribution in [1.29, 1.82) is 0 Å². The van der Waals surface area contributed by atoms with Crippen LogP contribution in [-0.4, -0.2) is 28.1 Å². The van der Waals surface area contributed by atoms with Crippen LogP contribution in [0.4, 0.5) is 0 Å². The zero-order valence-corrected chi connectivity index (χ0v) is 11.5. The minimum atomic E-state index is -0.269. The zero-order chi connectivity index (χ0) is 14.7. The van der Waals surface area contributed by atoms with Gasteiger partial charge in [-0.25, -0.2) is 4.68 Å². The summed E-state index contributed by atoms with van der Waals surface area (Å²) in [5, 5.41) is 9.77. The molecule has 2 aromatic rings. The molecule has 0 radical (unpaired) electrons. The highest BCUT2D eigenvalue weighted by atomic mass is 16.2. The first-order chi connectivity index (χ1) is 10.2. The first-order valence-corrected chi connectivity index (χ1v) is 6.86. The summed E-state index contributed by atoms with van der Waals surface area (Å²) in [6.45, 7) is 0.838. The molecule has 0 spiro atoms. The Morgan fingerprint density at radius 2 is 2.24 bits per heavy atom. The molecular weight excluding hydrogens is 268 g/mol. The molecule has 1 fully saturated rings. The molecule has 108 valence electrons. The van der Waals surface area contributed by atoms with E-state index in [4.69, 9.17) is 0 Å². The fraction of sp³-hybridized carbons (Fsp3) is 0.267. The van der Waals surface area contributed by atoms with Crippen LogP contribution in [0.3, 0.4) is 0 Å². The minimum Gasteiger partial charge on any atom is -0.355 e. The molecule has 2 amide bonds. The average Bonchev–Trinajstić information content (AvgIpc) is 3.16. The second kappa shape index (κ2) is 5.78. The monoisotopic (exact) mass is 284 g/mol. The Morgan fingerprint density at radius 3 is 2.95 bits per heavy atom. The maximum atomic E-state index is 12.0.